The molecule has 3 heterocycles. The third kappa shape index (κ3) is 4.40. The molecule has 1 aliphatic heterocycles. The van der Waals surface area contributed by atoms with Crippen LogP contribution in [0.3, 0.4) is 0 Å². The lowest BCUT2D eigenvalue weighted by Gasteiger charge is -2.35. The lowest BCUT2D eigenvalue weighted by atomic mass is 10.0. The Morgan fingerprint density at radius 2 is 1.63 bits per heavy atom. The van der Waals surface area contributed by atoms with Gasteiger partial charge in [-0.25, -0.2) is 4.98 Å². The average molecular weight is 403 g/mol. The second-order valence-corrected chi connectivity index (χ2v) is 7.72. The van der Waals surface area contributed by atoms with Crippen LogP contribution in [-0.2, 0) is 0 Å². The van der Waals surface area contributed by atoms with Crippen molar-refractivity contribution in [3.63, 3.8) is 0 Å². The topological polar surface area (TPSA) is 74.2 Å². The maximum absolute atomic E-state index is 12.9. The zero-order valence-electron chi connectivity index (χ0n) is 17.6. The van der Waals surface area contributed by atoms with Crippen LogP contribution in [0.15, 0.2) is 48.7 Å². The summed E-state index contributed by atoms with van der Waals surface area (Å²) in [5, 5.41) is 11.8. The van der Waals surface area contributed by atoms with Gasteiger partial charge in [-0.15, -0.1) is 10.2 Å². The van der Waals surface area contributed by atoms with Crippen molar-refractivity contribution >= 4 is 23.4 Å². The van der Waals surface area contributed by atoms with Gasteiger partial charge in [0, 0.05) is 37.9 Å². The maximum Gasteiger partial charge on any atom is 0.254 e. The number of carbonyl (C=O) groups excluding carboxylic acids is 1. The van der Waals surface area contributed by atoms with E-state index in [1.165, 1.54) is 0 Å². The fourth-order valence-electron chi connectivity index (χ4n) is 3.57. The minimum atomic E-state index is 0.104. The fraction of sp³-hybridized carbons (Fsp3) is 0.304. The van der Waals surface area contributed by atoms with Gasteiger partial charge in [-0.1, -0.05) is 17.7 Å². The molecule has 3 aromatic rings. The fourth-order valence-corrected chi connectivity index (χ4v) is 3.57. The molecule has 1 fully saturated rings. The van der Waals surface area contributed by atoms with Crippen LogP contribution < -0.4 is 10.2 Å². The molecule has 7 nitrogen and oxygen atoms in total. The van der Waals surface area contributed by atoms with Crippen LogP contribution in [0, 0.1) is 20.8 Å². The molecule has 0 unspecified atom stereocenters. The molecule has 0 bridgehead atoms. The molecule has 0 spiro atoms. The SMILES string of the molecule is Cc1ccnc(Nc2ccc(N3CCN(C(=O)c4cc(C)ccc4C)CC3)nn2)c1. The van der Waals surface area contributed by atoms with Gasteiger partial charge in [0.25, 0.3) is 5.91 Å². The molecule has 1 aliphatic rings. The summed E-state index contributed by atoms with van der Waals surface area (Å²) in [5.41, 5.74) is 4.05. The van der Waals surface area contributed by atoms with Crippen molar-refractivity contribution in [3.8, 4) is 0 Å². The third-order valence-corrected chi connectivity index (χ3v) is 5.34. The van der Waals surface area contributed by atoms with Crippen molar-refractivity contribution in [1.82, 2.24) is 20.1 Å². The van der Waals surface area contributed by atoms with Crippen LogP contribution in [0.4, 0.5) is 17.5 Å². The standard InChI is InChI=1S/C23H26N6O/c1-16-4-5-18(3)19(14-16)23(30)29-12-10-28(11-13-29)22-7-6-20(26-27-22)25-21-15-17(2)8-9-24-21/h4-9,14-15H,10-13H2,1-3H3,(H,24,25,26). The first-order valence-corrected chi connectivity index (χ1v) is 10.1. The summed E-state index contributed by atoms with van der Waals surface area (Å²) in [5.74, 6) is 2.32. The first-order valence-electron chi connectivity index (χ1n) is 10.1. The summed E-state index contributed by atoms with van der Waals surface area (Å²) in [7, 11) is 0. The van der Waals surface area contributed by atoms with Gasteiger partial charge in [0.1, 0.15) is 5.82 Å². The number of aromatic nitrogens is 3. The van der Waals surface area contributed by atoms with E-state index in [2.05, 4.69) is 25.4 Å². The van der Waals surface area contributed by atoms with Crippen LogP contribution in [0.5, 0.6) is 0 Å². The predicted octanol–water partition coefficient (Wildman–Crippen LogP) is 3.50. The minimum Gasteiger partial charge on any atom is -0.352 e. The normalized spacial score (nSPS) is 14.0. The number of benzene rings is 1. The molecule has 154 valence electrons. The summed E-state index contributed by atoms with van der Waals surface area (Å²) in [6.45, 7) is 8.82. The monoisotopic (exact) mass is 402 g/mol. The Kier molecular flexibility index (Phi) is 5.61. The van der Waals surface area contributed by atoms with Gasteiger partial charge in [0.05, 0.1) is 0 Å². The zero-order chi connectivity index (χ0) is 21.1. The lowest BCUT2D eigenvalue weighted by Crippen LogP contribution is -2.49. The van der Waals surface area contributed by atoms with Crippen LogP contribution in [0.2, 0.25) is 0 Å². The maximum atomic E-state index is 12.9. The number of aryl methyl sites for hydroxylation is 3. The van der Waals surface area contributed by atoms with Gasteiger partial charge in [-0.05, 0) is 62.2 Å². The van der Waals surface area contributed by atoms with Crippen LogP contribution in [0.1, 0.15) is 27.0 Å². The number of hydrogen-bond donors (Lipinski definition) is 1. The molecule has 1 saturated heterocycles. The third-order valence-electron chi connectivity index (χ3n) is 5.34. The number of carbonyl (C=O) groups is 1. The van der Waals surface area contributed by atoms with E-state index in [0.717, 1.165) is 47.0 Å². The van der Waals surface area contributed by atoms with Gasteiger partial charge < -0.3 is 15.1 Å². The Morgan fingerprint density at radius 3 is 2.33 bits per heavy atom. The first kappa shape index (κ1) is 19.8. The Hall–Kier alpha value is -3.48. The van der Waals surface area contributed by atoms with E-state index in [1.807, 2.05) is 68.1 Å². The Morgan fingerprint density at radius 1 is 0.867 bits per heavy atom. The number of rotatable bonds is 4. The van der Waals surface area contributed by atoms with Crippen LogP contribution in [0.25, 0.3) is 0 Å². The molecule has 0 saturated carbocycles. The van der Waals surface area contributed by atoms with Crippen LogP contribution in [-0.4, -0.2) is 52.2 Å². The Labute approximate surface area is 176 Å². The van der Waals surface area contributed by atoms with Crippen molar-refractivity contribution in [2.75, 3.05) is 36.4 Å². The van der Waals surface area contributed by atoms with E-state index in [0.29, 0.717) is 18.9 Å². The smallest absolute Gasteiger partial charge is 0.254 e. The van der Waals surface area contributed by atoms with Crippen molar-refractivity contribution in [3.05, 3.63) is 70.9 Å². The van der Waals surface area contributed by atoms with Crippen molar-refractivity contribution < 1.29 is 4.79 Å². The van der Waals surface area contributed by atoms with Gasteiger partial charge in [-0.2, -0.15) is 0 Å². The molecule has 2 aromatic heterocycles. The van der Waals surface area contributed by atoms with E-state index in [9.17, 15) is 4.79 Å². The molecule has 30 heavy (non-hydrogen) atoms. The molecule has 7 heteroatoms. The highest BCUT2D eigenvalue weighted by molar-refractivity contribution is 5.96. The highest BCUT2D eigenvalue weighted by Gasteiger charge is 2.24. The highest BCUT2D eigenvalue weighted by Crippen LogP contribution is 2.19. The van der Waals surface area contributed by atoms with E-state index >= 15 is 0 Å². The minimum absolute atomic E-state index is 0.104. The summed E-state index contributed by atoms with van der Waals surface area (Å²) in [4.78, 5) is 21.3. The summed E-state index contributed by atoms with van der Waals surface area (Å²) >= 11 is 0. The van der Waals surface area contributed by atoms with Gasteiger partial charge in [0.2, 0.25) is 0 Å². The summed E-state index contributed by atoms with van der Waals surface area (Å²) in [6, 6.07) is 13.8. The van der Waals surface area contributed by atoms with Gasteiger partial charge >= 0.3 is 0 Å². The first-order chi connectivity index (χ1) is 14.5. The number of nitrogens with one attached hydrogen (secondary N) is 1. The Balaban J connectivity index is 1.37. The lowest BCUT2D eigenvalue weighted by molar-refractivity contribution is 0.0745. The second-order valence-electron chi connectivity index (χ2n) is 7.72. The molecule has 1 N–H and O–H groups in total. The molecule has 1 amide bonds. The van der Waals surface area contributed by atoms with E-state index in [4.69, 9.17) is 0 Å². The molecular formula is C23H26N6O. The number of pyridine rings is 1. The highest BCUT2D eigenvalue weighted by atomic mass is 16.2. The molecule has 0 aliphatic carbocycles. The second kappa shape index (κ2) is 8.49. The summed E-state index contributed by atoms with van der Waals surface area (Å²) in [6.07, 6.45) is 1.76. The number of anilines is 3. The van der Waals surface area contributed by atoms with E-state index in [1.54, 1.807) is 6.20 Å². The predicted molar refractivity (Wildman–Crippen MR) is 118 cm³/mol. The molecular weight excluding hydrogens is 376 g/mol. The number of nitrogens with zero attached hydrogens (tertiary/aromatic N) is 5. The Bertz CT molecular complexity index is 1040. The molecule has 0 atom stereocenters. The average Bonchev–Trinajstić information content (AvgIpc) is 2.76. The number of amides is 1. The van der Waals surface area contributed by atoms with Gasteiger partial charge in [0.15, 0.2) is 11.6 Å². The summed E-state index contributed by atoms with van der Waals surface area (Å²) < 4.78 is 0. The van der Waals surface area contributed by atoms with Crippen LogP contribution >= 0.6 is 0 Å². The van der Waals surface area contributed by atoms with Crippen molar-refractivity contribution in [2.45, 2.75) is 20.8 Å². The number of piperazine rings is 1. The largest absolute Gasteiger partial charge is 0.352 e. The molecule has 0 radical (unpaired) electrons. The van der Waals surface area contributed by atoms with E-state index < -0.39 is 0 Å². The zero-order valence-corrected chi connectivity index (χ0v) is 17.6. The molecule has 4 rings (SSSR count). The van der Waals surface area contributed by atoms with Crippen molar-refractivity contribution in [1.29, 1.82) is 0 Å². The molecule has 1 aromatic carbocycles. The number of hydrogen-bond acceptors (Lipinski definition) is 6. The quantitative estimate of drug-likeness (QED) is 0.720. The van der Waals surface area contributed by atoms with Gasteiger partial charge in [-0.3, -0.25) is 4.79 Å². The van der Waals surface area contributed by atoms with Crippen molar-refractivity contribution in [2.24, 2.45) is 0 Å². The van der Waals surface area contributed by atoms with E-state index in [-0.39, 0.29) is 5.91 Å².